The average Bonchev–Trinajstić information content (AvgIpc) is 3.46. The molecule has 1 unspecified atom stereocenters. The van der Waals surface area contributed by atoms with Gasteiger partial charge in [-0.25, -0.2) is 0 Å². The van der Waals surface area contributed by atoms with Crippen molar-refractivity contribution in [3.8, 4) is 0 Å². The molecule has 0 aliphatic carbocycles. The Balaban J connectivity index is 4.49. The molecule has 0 bridgehead atoms. The van der Waals surface area contributed by atoms with E-state index in [1.165, 1.54) is 154 Å². The molecule has 0 N–H and O–H groups in total. The van der Waals surface area contributed by atoms with Gasteiger partial charge in [-0.1, -0.05) is 303 Å². The molecule has 6 heteroatoms. The summed E-state index contributed by atoms with van der Waals surface area (Å²) in [5, 5.41) is 0. The molecule has 0 spiro atoms. The fourth-order valence-electron chi connectivity index (χ4n) is 9.21. The normalized spacial score (nSPS) is 12.9. The van der Waals surface area contributed by atoms with Crippen LogP contribution in [0.3, 0.4) is 0 Å². The summed E-state index contributed by atoms with van der Waals surface area (Å²) in [5.74, 6) is -0.959. The molecule has 1 atom stereocenters. The Bertz CT molecular complexity index is 1650. The van der Waals surface area contributed by atoms with E-state index in [1.54, 1.807) is 0 Å². The topological polar surface area (TPSA) is 78.9 Å². The first kappa shape index (κ1) is 75.8. The molecule has 0 fully saturated rings. The van der Waals surface area contributed by atoms with Crippen LogP contribution in [0.4, 0.5) is 0 Å². The van der Waals surface area contributed by atoms with E-state index in [4.69, 9.17) is 14.2 Å². The zero-order valence-electron chi connectivity index (χ0n) is 52.3. The van der Waals surface area contributed by atoms with E-state index in [2.05, 4.69) is 142 Å². The number of ether oxygens (including phenoxy) is 3. The minimum atomic E-state index is -0.809. The third-order valence-corrected chi connectivity index (χ3v) is 14.2. The Hall–Kier alpha value is -4.19. The number of unbranched alkanes of at least 4 members (excludes halogenated alkanes) is 29. The minimum absolute atomic E-state index is 0.0991. The van der Waals surface area contributed by atoms with Gasteiger partial charge >= 0.3 is 17.9 Å². The van der Waals surface area contributed by atoms with Gasteiger partial charge in [0.2, 0.25) is 0 Å². The minimum Gasteiger partial charge on any atom is -0.462 e. The summed E-state index contributed by atoms with van der Waals surface area (Å²) in [6.07, 6.45) is 93.5. The second-order valence-corrected chi connectivity index (χ2v) is 22.0. The first-order valence-electron chi connectivity index (χ1n) is 33.5. The van der Waals surface area contributed by atoms with Crippen LogP contribution in [0.2, 0.25) is 0 Å². The lowest BCUT2D eigenvalue weighted by molar-refractivity contribution is -0.167. The monoisotopic (exact) mass is 1110 g/mol. The molecule has 0 aromatic rings. The van der Waals surface area contributed by atoms with E-state index < -0.39 is 6.10 Å². The fourth-order valence-corrected chi connectivity index (χ4v) is 9.21. The van der Waals surface area contributed by atoms with Crippen molar-refractivity contribution in [1.29, 1.82) is 0 Å². The number of carbonyl (C=O) groups excluding carboxylic acids is 3. The fraction of sp³-hybridized carbons (Fsp3) is 0.689. The average molecular weight is 1110 g/mol. The van der Waals surface area contributed by atoms with Gasteiger partial charge in [0.25, 0.3) is 0 Å². The number of hydrogen-bond donors (Lipinski definition) is 0. The number of allylic oxidation sites excluding steroid dienone is 20. The molecule has 0 aliphatic rings. The van der Waals surface area contributed by atoms with Crippen molar-refractivity contribution in [3.63, 3.8) is 0 Å². The molecule has 456 valence electrons. The summed E-state index contributed by atoms with van der Waals surface area (Å²) >= 11 is 0. The number of esters is 3. The second kappa shape index (κ2) is 67.3. The Morgan fingerprint density at radius 2 is 0.500 bits per heavy atom. The van der Waals surface area contributed by atoms with Crippen LogP contribution in [0, 0.1) is 0 Å². The summed E-state index contributed by atoms with van der Waals surface area (Å²) in [7, 11) is 0. The molecule has 0 saturated carbocycles. The highest BCUT2D eigenvalue weighted by atomic mass is 16.6. The van der Waals surface area contributed by atoms with Gasteiger partial charge in [0.05, 0.1) is 0 Å². The lowest BCUT2D eigenvalue weighted by atomic mass is 10.0. The molecule has 0 aliphatic heterocycles. The molecular formula is C74H124O6. The van der Waals surface area contributed by atoms with Gasteiger partial charge in [0.1, 0.15) is 13.2 Å². The second-order valence-electron chi connectivity index (χ2n) is 22.0. The number of rotatable bonds is 60. The Kier molecular flexibility index (Phi) is 63.8. The van der Waals surface area contributed by atoms with E-state index in [0.717, 1.165) is 109 Å². The summed E-state index contributed by atoms with van der Waals surface area (Å²) < 4.78 is 16.9. The Morgan fingerprint density at radius 3 is 0.812 bits per heavy atom. The van der Waals surface area contributed by atoms with Crippen molar-refractivity contribution < 1.29 is 28.6 Å². The van der Waals surface area contributed by atoms with Gasteiger partial charge in [0.15, 0.2) is 6.10 Å². The van der Waals surface area contributed by atoms with Crippen LogP contribution in [0.1, 0.15) is 310 Å². The smallest absolute Gasteiger partial charge is 0.306 e. The molecular weight excluding hydrogens is 985 g/mol. The molecule has 0 rings (SSSR count). The highest BCUT2D eigenvalue weighted by Gasteiger charge is 2.19. The largest absolute Gasteiger partial charge is 0.462 e. The van der Waals surface area contributed by atoms with Gasteiger partial charge < -0.3 is 14.2 Å². The van der Waals surface area contributed by atoms with Crippen molar-refractivity contribution in [2.75, 3.05) is 13.2 Å². The van der Waals surface area contributed by atoms with Gasteiger partial charge in [0, 0.05) is 19.3 Å². The van der Waals surface area contributed by atoms with E-state index >= 15 is 0 Å². The highest BCUT2D eigenvalue weighted by Crippen LogP contribution is 2.16. The van der Waals surface area contributed by atoms with Crippen LogP contribution in [-0.2, 0) is 28.6 Å². The zero-order chi connectivity index (χ0) is 57.8. The van der Waals surface area contributed by atoms with Gasteiger partial charge in [-0.05, 0) is 109 Å². The zero-order valence-corrected chi connectivity index (χ0v) is 52.3. The predicted molar refractivity (Wildman–Crippen MR) is 348 cm³/mol. The maximum absolute atomic E-state index is 12.9. The van der Waals surface area contributed by atoms with Crippen LogP contribution in [0.15, 0.2) is 122 Å². The van der Waals surface area contributed by atoms with Crippen molar-refractivity contribution in [2.45, 2.75) is 316 Å². The molecule has 0 aromatic carbocycles. The lowest BCUT2D eigenvalue weighted by Crippen LogP contribution is -2.30. The molecule has 0 heterocycles. The van der Waals surface area contributed by atoms with Gasteiger partial charge in [-0.3, -0.25) is 14.4 Å². The van der Waals surface area contributed by atoms with Crippen molar-refractivity contribution in [3.05, 3.63) is 122 Å². The molecule has 0 radical (unpaired) electrons. The number of carbonyl (C=O) groups is 3. The van der Waals surface area contributed by atoms with E-state index in [1.807, 2.05) is 0 Å². The van der Waals surface area contributed by atoms with Crippen molar-refractivity contribution in [2.24, 2.45) is 0 Å². The molecule has 0 aromatic heterocycles. The standard InChI is InChI=1S/C74H124O6/c1-4-7-10-13-16-19-22-25-28-31-33-35-37-39-41-43-46-49-52-55-58-61-64-67-73(76)79-70-71(69-78-72(75)66-63-60-57-54-51-48-45-30-27-24-21-18-15-12-9-6-3)80-74(77)68-65-62-59-56-53-50-47-44-42-40-38-36-34-32-29-26-23-20-17-14-11-8-5-2/h7,10,16,19,23,25-26,28,32-35,38-41,46,49,55,58,71H,4-6,8-9,11-15,17-18,20-22,24,27,29-31,36-37,42-45,47-48,50-54,56-57,59-70H2,1-3H3/b10-7-,19-16-,26-23-,28-25-,34-32-,35-33-,40-38-,41-39-,49-46-,58-55-. The first-order chi connectivity index (χ1) is 39.5. The summed E-state index contributed by atoms with van der Waals surface area (Å²) in [5.41, 5.74) is 0. The van der Waals surface area contributed by atoms with Crippen LogP contribution in [0.25, 0.3) is 0 Å². The number of hydrogen-bond acceptors (Lipinski definition) is 6. The molecule has 0 amide bonds. The highest BCUT2D eigenvalue weighted by molar-refractivity contribution is 5.71. The molecule has 6 nitrogen and oxygen atoms in total. The maximum Gasteiger partial charge on any atom is 0.306 e. The summed E-state index contributed by atoms with van der Waals surface area (Å²) in [6, 6.07) is 0. The summed E-state index contributed by atoms with van der Waals surface area (Å²) in [6.45, 7) is 6.49. The van der Waals surface area contributed by atoms with Crippen LogP contribution >= 0.6 is 0 Å². The quantitative estimate of drug-likeness (QED) is 0.0261. The SMILES string of the molecule is CC/C=C\C/C=C\C/C=C\C/C=C\C/C=C\C/C=C\C/C=C\CCCC(=O)OCC(COC(=O)CCCCCCCCCCCCCCCCCC)OC(=O)CCCCCCCCCC/C=C\C/C=C\C/C=C\CCCCCCC. The van der Waals surface area contributed by atoms with Gasteiger partial charge in [-0.2, -0.15) is 0 Å². The van der Waals surface area contributed by atoms with E-state index in [0.29, 0.717) is 19.3 Å². The Labute approximate surface area is 494 Å². The van der Waals surface area contributed by atoms with Gasteiger partial charge in [-0.15, -0.1) is 0 Å². The van der Waals surface area contributed by atoms with Crippen LogP contribution in [-0.4, -0.2) is 37.2 Å². The van der Waals surface area contributed by atoms with Crippen molar-refractivity contribution >= 4 is 17.9 Å². The lowest BCUT2D eigenvalue weighted by Gasteiger charge is -2.18. The maximum atomic E-state index is 12.9. The van der Waals surface area contributed by atoms with Crippen LogP contribution in [0.5, 0.6) is 0 Å². The first-order valence-corrected chi connectivity index (χ1v) is 33.5. The van der Waals surface area contributed by atoms with Crippen LogP contribution < -0.4 is 0 Å². The van der Waals surface area contributed by atoms with Crippen molar-refractivity contribution in [1.82, 2.24) is 0 Å². The third-order valence-electron chi connectivity index (χ3n) is 14.2. The molecule has 0 saturated heterocycles. The molecule has 80 heavy (non-hydrogen) atoms. The third kappa shape index (κ3) is 64.6. The van der Waals surface area contributed by atoms with E-state index in [-0.39, 0.29) is 37.5 Å². The summed E-state index contributed by atoms with van der Waals surface area (Å²) in [4.78, 5) is 38.4. The van der Waals surface area contributed by atoms with E-state index in [9.17, 15) is 14.4 Å². The predicted octanol–water partition coefficient (Wildman–Crippen LogP) is 23.2. The Morgan fingerprint density at radius 1 is 0.263 bits per heavy atom.